The third-order valence-electron chi connectivity index (χ3n) is 3.50. The number of aromatic amines is 1. The summed E-state index contributed by atoms with van der Waals surface area (Å²) in [4.78, 5) is 31.9. The van der Waals surface area contributed by atoms with Gasteiger partial charge in [-0.1, -0.05) is 0 Å². The lowest BCUT2D eigenvalue weighted by molar-refractivity contribution is -0.141. The quantitative estimate of drug-likeness (QED) is 0.874. The number of carboxylic acid groups (broad SMARTS) is 1. The number of hydrogen-bond donors (Lipinski definition) is 2. The Balaban J connectivity index is 1.75. The number of rotatable bonds is 3. The van der Waals surface area contributed by atoms with Gasteiger partial charge in [-0.2, -0.15) is 0 Å². The minimum Gasteiger partial charge on any atom is -0.481 e. The molecule has 1 amide bonds. The molecule has 2 heterocycles. The van der Waals surface area contributed by atoms with Crippen LogP contribution in [-0.2, 0) is 9.53 Å². The summed E-state index contributed by atoms with van der Waals surface area (Å²) >= 11 is 0. The Morgan fingerprint density at radius 1 is 1.48 bits per heavy atom. The van der Waals surface area contributed by atoms with Gasteiger partial charge >= 0.3 is 5.97 Å². The lowest BCUT2D eigenvalue weighted by atomic mass is 10.1. The van der Waals surface area contributed by atoms with Crippen molar-refractivity contribution in [1.82, 2.24) is 14.9 Å². The van der Waals surface area contributed by atoms with Gasteiger partial charge in [0.15, 0.2) is 0 Å². The first-order valence-corrected chi connectivity index (χ1v) is 6.69. The van der Waals surface area contributed by atoms with E-state index in [4.69, 9.17) is 9.84 Å². The minimum atomic E-state index is -0.923. The number of hydrogen-bond acceptors (Lipinski definition) is 4. The molecule has 7 nitrogen and oxygen atoms in total. The van der Waals surface area contributed by atoms with Crippen LogP contribution in [0.25, 0.3) is 11.0 Å². The first-order chi connectivity index (χ1) is 10.1. The number of aromatic nitrogens is 2. The number of carbonyl (C=O) groups excluding carboxylic acids is 1. The zero-order valence-electron chi connectivity index (χ0n) is 11.3. The second-order valence-corrected chi connectivity index (χ2v) is 4.98. The van der Waals surface area contributed by atoms with E-state index in [-0.39, 0.29) is 12.3 Å². The summed E-state index contributed by atoms with van der Waals surface area (Å²) in [5, 5.41) is 8.81. The first-order valence-electron chi connectivity index (χ1n) is 6.69. The largest absolute Gasteiger partial charge is 0.481 e. The van der Waals surface area contributed by atoms with E-state index in [0.29, 0.717) is 25.3 Å². The van der Waals surface area contributed by atoms with Crippen molar-refractivity contribution < 1.29 is 19.4 Å². The number of ether oxygens (including phenoxy) is 1. The highest BCUT2D eigenvalue weighted by atomic mass is 16.5. The molecular formula is C14H15N3O4. The van der Waals surface area contributed by atoms with E-state index in [1.165, 1.54) is 0 Å². The number of carboxylic acids is 1. The van der Waals surface area contributed by atoms with Gasteiger partial charge in [-0.25, -0.2) is 4.98 Å². The van der Waals surface area contributed by atoms with Crippen LogP contribution < -0.4 is 0 Å². The van der Waals surface area contributed by atoms with Crippen LogP contribution in [0.1, 0.15) is 16.8 Å². The van der Waals surface area contributed by atoms with Gasteiger partial charge in [0.1, 0.15) is 0 Å². The van der Waals surface area contributed by atoms with Crippen LogP contribution in [0.4, 0.5) is 0 Å². The van der Waals surface area contributed by atoms with Crippen LogP contribution in [0.2, 0.25) is 0 Å². The second kappa shape index (κ2) is 5.53. The molecule has 0 radical (unpaired) electrons. The maximum absolute atomic E-state index is 12.5. The Morgan fingerprint density at radius 3 is 3.14 bits per heavy atom. The maximum atomic E-state index is 12.5. The summed E-state index contributed by atoms with van der Waals surface area (Å²) in [5.41, 5.74) is 2.16. The number of amides is 1. The monoisotopic (exact) mass is 289 g/mol. The molecule has 1 unspecified atom stereocenters. The van der Waals surface area contributed by atoms with E-state index in [2.05, 4.69) is 9.97 Å². The normalized spacial score (nSPS) is 18.9. The zero-order valence-corrected chi connectivity index (χ0v) is 11.3. The molecule has 1 aliphatic heterocycles. The van der Waals surface area contributed by atoms with Gasteiger partial charge in [0.25, 0.3) is 5.91 Å². The first kappa shape index (κ1) is 13.6. The maximum Gasteiger partial charge on any atom is 0.306 e. The van der Waals surface area contributed by atoms with Crippen LogP contribution in [0, 0.1) is 0 Å². The Morgan fingerprint density at radius 2 is 2.33 bits per heavy atom. The summed E-state index contributed by atoms with van der Waals surface area (Å²) < 4.78 is 5.37. The number of nitrogens with one attached hydrogen (secondary N) is 1. The molecule has 1 aromatic carbocycles. The van der Waals surface area contributed by atoms with E-state index in [1.54, 1.807) is 29.4 Å². The molecule has 7 heteroatoms. The van der Waals surface area contributed by atoms with Gasteiger partial charge in [0.05, 0.1) is 36.5 Å². The van der Waals surface area contributed by atoms with Gasteiger partial charge in [-0.3, -0.25) is 9.59 Å². The molecule has 0 saturated carbocycles. The lowest BCUT2D eigenvalue weighted by Gasteiger charge is -2.32. The fourth-order valence-corrected chi connectivity index (χ4v) is 2.47. The molecule has 2 aromatic rings. The van der Waals surface area contributed by atoms with Gasteiger partial charge in [0, 0.05) is 18.7 Å². The molecular weight excluding hydrogens is 274 g/mol. The fourth-order valence-electron chi connectivity index (χ4n) is 2.47. The molecule has 2 N–H and O–H groups in total. The summed E-state index contributed by atoms with van der Waals surface area (Å²) in [6.45, 7) is 1.12. The molecule has 0 spiro atoms. The van der Waals surface area contributed by atoms with Crippen molar-refractivity contribution in [3.05, 3.63) is 30.1 Å². The van der Waals surface area contributed by atoms with E-state index in [0.717, 1.165) is 11.0 Å². The summed E-state index contributed by atoms with van der Waals surface area (Å²) in [6, 6.07) is 5.27. The predicted molar refractivity (Wildman–Crippen MR) is 74.0 cm³/mol. The summed E-state index contributed by atoms with van der Waals surface area (Å²) in [6.07, 6.45) is 1.04. The molecule has 0 bridgehead atoms. The van der Waals surface area contributed by atoms with Crippen molar-refractivity contribution in [3.63, 3.8) is 0 Å². The molecule has 0 aliphatic carbocycles. The number of imidazole rings is 1. The SMILES string of the molecule is O=C(O)CC1CN(C(=O)c2ccc3nc[nH]c3c2)CCO1. The average molecular weight is 289 g/mol. The molecule has 21 heavy (non-hydrogen) atoms. The Bertz CT molecular complexity index is 682. The summed E-state index contributed by atoms with van der Waals surface area (Å²) in [5.74, 6) is -1.04. The van der Waals surface area contributed by atoms with Crippen LogP contribution >= 0.6 is 0 Å². The van der Waals surface area contributed by atoms with Crippen LogP contribution in [-0.4, -0.2) is 57.7 Å². The number of aliphatic carboxylic acids is 1. The highest BCUT2D eigenvalue weighted by molar-refractivity contribution is 5.97. The number of H-pyrrole nitrogens is 1. The predicted octanol–water partition coefficient (Wildman–Crippen LogP) is 0.879. The third kappa shape index (κ3) is 2.87. The number of morpholine rings is 1. The van der Waals surface area contributed by atoms with Crippen LogP contribution in [0.15, 0.2) is 24.5 Å². The van der Waals surface area contributed by atoms with Gasteiger partial charge in [0.2, 0.25) is 0 Å². The Hall–Kier alpha value is -2.41. The summed E-state index contributed by atoms with van der Waals surface area (Å²) in [7, 11) is 0. The van der Waals surface area contributed by atoms with Crippen LogP contribution in [0.5, 0.6) is 0 Å². The van der Waals surface area contributed by atoms with E-state index < -0.39 is 12.1 Å². The van der Waals surface area contributed by atoms with Crippen molar-refractivity contribution in [2.24, 2.45) is 0 Å². The van der Waals surface area contributed by atoms with Crippen molar-refractivity contribution in [2.75, 3.05) is 19.7 Å². The lowest BCUT2D eigenvalue weighted by Crippen LogP contribution is -2.46. The molecule has 1 fully saturated rings. The Kier molecular flexibility index (Phi) is 3.57. The van der Waals surface area contributed by atoms with E-state index >= 15 is 0 Å². The van der Waals surface area contributed by atoms with Crippen molar-refractivity contribution >= 4 is 22.9 Å². The zero-order chi connectivity index (χ0) is 14.8. The standard InChI is InChI=1S/C14H15N3O4/c18-13(19)6-10-7-17(3-4-21-10)14(20)9-1-2-11-12(5-9)16-8-15-11/h1-2,5,8,10H,3-4,6-7H2,(H,15,16)(H,18,19). The number of benzene rings is 1. The molecule has 1 saturated heterocycles. The van der Waals surface area contributed by atoms with Gasteiger partial charge in [-0.05, 0) is 18.2 Å². The smallest absolute Gasteiger partial charge is 0.306 e. The molecule has 1 aromatic heterocycles. The Labute approximate surface area is 120 Å². The molecule has 1 atom stereocenters. The fraction of sp³-hybridized carbons (Fsp3) is 0.357. The van der Waals surface area contributed by atoms with Crippen molar-refractivity contribution in [3.8, 4) is 0 Å². The molecule has 1 aliphatic rings. The number of nitrogens with zero attached hydrogens (tertiary/aromatic N) is 2. The number of carbonyl (C=O) groups is 2. The highest BCUT2D eigenvalue weighted by Crippen LogP contribution is 2.16. The van der Waals surface area contributed by atoms with Crippen molar-refractivity contribution in [2.45, 2.75) is 12.5 Å². The molecule has 110 valence electrons. The van der Waals surface area contributed by atoms with Crippen LogP contribution in [0.3, 0.4) is 0 Å². The third-order valence-corrected chi connectivity index (χ3v) is 3.50. The van der Waals surface area contributed by atoms with Gasteiger partial charge in [-0.15, -0.1) is 0 Å². The van der Waals surface area contributed by atoms with Crippen molar-refractivity contribution in [1.29, 1.82) is 0 Å². The van der Waals surface area contributed by atoms with E-state index in [9.17, 15) is 9.59 Å². The number of fused-ring (bicyclic) bond motifs is 1. The molecule has 3 rings (SSSR count). The van der Waals surface area contributed by atoms with E-state index in [1.807, 2.05) is 0 Å². The highest BCUT2D eigenvalue weighted by Gasteiger charge is 2.26. The minimum absolute atomic E-state index is 0.0939. The second-order valence-electron chi connectivity index (χ2n) is 4.98. The topological polar surface area (TPSA) is 95.5 Å². The average Bonchev–Trinajstić information content (AvgIpc) is 2.93. The van der Waals surface area contributed by atoms with Gasteiger partial charge < -0.3 is 19.7 Å².